The Bertz CT molecular complexity index is 1280. The van der Waals surface area contributed by atoms with Gasteiger partial charge in [-0.2, -0.15) is 18.4 Å². The molecule has 0 radical (unpaired) electrons. The molecule has 5 rings (SSSR count). The number of fused-ring (bicyclic) bond motifs is 1. The first-order valence-electron chi connectivity index (χ1n) is 10.4. The maximum Gasteiger partial charge on any atom is 0.417 e. The largest absolute Gasteiger partial charge is 0.457 e. The molecule has 1 spiro atoms. The fourth-order valence-corrected chi connectivity index (χ4v) is 5.11. The van der Waals surface area contributed by atoms with Crippen molar-refractivity contribution in [2.24, 2.45) is 0 Å². The van der Waals surface area contributed by atoms with Gasteiger partial charge in [0, 0.05) is 17.9 Å². The van der Waals surface area contributed by atoms with E-state index in [1.165, 1.54) is 12.1 Å². The monoisotopic (exact) mass is 487 g/mol. The van der Waals surface area contributed by atoms with Crippen molar-refractivity contribution in [2.75, 3.05) is 23.0 Å². The van der Waals surface area contributed by atoms with E-state index in [4.69, 9.17) is 27.0 Å². The van der Waals surface area contributed by atoms with Crippen LogP contribution < -0.4 is 9.80 Å². The fourth-order valence-electron chi connectivity index (χ4n) is 4.65. The summed E-state index contributed by atoms with van der Waals surface area (Å²) in [5.41, 5.74) is -1.50. The number of carbonyl (C=O) groups is 2. The van der Waals surface area contributed by atoms with E-state index in [-0.39, 0.29) is 24.0 Å². The van der Waals surface area contributed by atoms with Gasteiger partial charge in [-0.05, 0) is 61.5 Å². The second-order valence-corrected chi connectivity index (χ2v) is 8.57. The first kappa shape index (κ1) is 22.3. The highest BCUT2D eigenvalue weighted by Gasteiger charge is 2.57. The Kier molecular flexibility index (Phi) is 5.11. The highest BCUT2D eigenvalue weighted by Crippen LogP contribution is 2.43. The Morgan fingerprint density at radius 3 is 2.56 bits per heavy atom. The smallest absolute Gasteiger partial charge is 0.417 e. The van der Waals surface area contributed by atoms with Gasteiger partial charge in [-0.25, -0.2) is 4.79 Å². The maximum absolute atomic E-state index is 13.8. The molecule has 7 nitrogen and oxygen atoms in total. The van der Waals surface area contributed by atoms with Crippen LogP contribution in [0.1, 0.15) is 39.9 Å². The van der Waals surface area contributed by atoms with E-state index in [9.17, 15) is 22.8 Å². The van der Waals surface area contributed by atoms with Gasteiger partial charge in [-0.1, -0.05) is 0 Å². The zero-order valence-corrected chi connectivity index (χ0v) is 18.3. The van der Waals surface area contributed by atoms with Crippen LogP contribution in [0.4, 0.5) is 24.5 Å². The Balaban J connectivity index is 1.63. The number of benzene rings is 2. The number of rotatable bonds is 2. The summed E-state index contributed by atoms with van der Waals surface area (Å²) >= 11 is 5.64. The molecule has 2 aromatic rings. The highest BCUT2D eigenvalue weighted by atomic mass is 32.1. The number of cyclic esters (lactones) is 1. The molecule has 0 saturated carbocycles. The molecular weight excluding hydrogens is 471 g/mol. The molecule has 0 bridgehead atoms. The van der Waals surface area contributed by atoms with Crippen molar-refractivity contribution in [1.29, 1.82) is 5.26 Å². The summed E-state index contributed by atoms with van der Waals surface area (Å²) in [6.45, 7) is 0.517. The average molecular weight is 487 g/mol. The first-order valence-corrected chi connectivity index (χ1v) is 10.8. The molecule has 2 aromatic carbocycles. The van der Waals surface area contributed by atoms with Crippen molar-refractivity contribution in [3.8, 4) is 6.07 Å². The number of thiocarbonyl (C=S) groups is 1. The molecule has 0 aliphatic carbocycles. The number of esters is 1. The van der Waals surface area contributed by atoms with Crippen LogP contribution in [0.15, 0.2) is 36.4 Å². The number of amides is 1. The number of nitrogens with zero attached hydrogens (tertiary/aromatic N) is 3. The predicted molar refractivity (Wildman–Crippen MR) is 117 cm³/mol. The summed E-state index contributed by atoms with van der Waals surface area (Å²) < 4.78 is 51.5. The van der Waals surface area contributed by atoms with Gasteiger partial charge in [0.1, 0.15) is 12.1 Å². The number of carbonyl (C=O) groups excluding carboxylic acids is 2. The number of alkyl halides is 3. The molecule has 174 valence electrons. The summed E-state index contributed by atoms with van der Waals surface area (Å²) in [6, 6.07) is 9.50. The minimum absolute atomic E-state index is 0.00258. The number of anilines is 2. The summed E-state index contributed by atoms with van der Waals surface area (Å²) in [5, 5.41) is 9.10. The number of hydrogen-bond donors (Lipinski definition) is 0. The van der Waals surface area contributed by atoms with Gasteiger partial charge in [0.15, 0.2) is 5.11 Å². The molecule has 1 amide bonds. The van der Waals surface area contributed by atoms with Gasteiger partial charge >= 0.3 is 12.1 Å². The van der Waals surface area contributed by atoms with Gasteiger partial charge in [-0.3, -0.25) is 9.69 Å². The Morgan fingerprint density at radius 2 is 1.88 bits per heavy atom. The summed E-state index contributed by atoms with van der Waals surface area (Å²) in [4.78, 5) is 28.3. The van der Waals surface area contributed by atoms with Gasteiger partial charge in [0.2, 0.25) is 0 Å². The van der Waals surface area contributed by atoms with E-state index < -0.39 is 34.7 Å². The third kappa shape index (κ3) is 3.25. The zero-order valence-electron chi connectivity index (χ0n) is 17.5. The maximum atomic E-state index is 13.8. The van der Waals surface area contributed by atoms with Crippen LogP contribution in [0.25, 0.3) is 0 Å². The SMILES string of the molecule is N#Cc1ccc(N2C(=O)C3(CCCOC3)N(c3ccc4c(c3)COC4=O)C2=S)cc1C(F)(F)F. The van der Waals surface area contributed by atoms with Crippen LogP contribution in [0.3, 0.4) is 0 Å². The lowest BCUT2D eigenvalue weighted by molar-refractivity contribution is -0.137. The Morgan fingerprint density at radius 1 is 1.12 bits per heavy atom. The highest BCUT2D eigenvalue weighted by molar-refractivity contribution is 7.81. The second kappa shape index (κ2) is 7.78. The van der Waals surface area contributed by atoms with Crippen LogP contribution in [-0.4, -0.2) is 35.7 Å². The van der Waals surface area contributed by atoms with Gasteiger partial charge in [-0.15, -0.1) is 0 Å². The number of halogens is 3. The molecule has 0 N–H and O–H groups in total. The minimum Gasteiger partial charge on any atom is -0.457 e. The van der Waals surface area contributed by atoms with Crippen LogP contribution >= 0.6 is 12.2 Å². The van der Waals surface area contributed by atoms with Crippen LogP contribution in [0.5, 0.6) is 0 Å². The van der Waals surface area contributed by atoms with Crippen molar-refractivity contribution < 1.29 is 32.2 Å². The standard InChI is InChI=1S/C23H16F3N3O4S/c24-23(25,26)18-9-15(3-2-13(18)10-27)28-20(31)22(6-1-7-32-12-22)29(21(28)34)16-4-5-17-14(8-16)11-33-19(17)30/h2-5,8-9H,1,6-7,11-12H2. The van der Waals surface area contributed by atoms with Crippen LogP contribution in [-0.2, 0) is 27.1 Å². The second-order valence-electron chi connectivity index (χ2n) is 8.20. The quantitative estimate of drug-likeness (QED) is 0.469. The summed E-state index contributed by atoms with van der Waals surface area (Å²) in [6.07, 6.45) is -3.87. The predicted octanol–water partition coefficient (Wildman–Crippen LogP) is 3.93. The fraction of sp³-hybridized carbons (Fsp3) is 0.304. The van der Waals surface area contributed by atoms with Crippen LogP contribution in [0, 0.1) is 11.3 Å². The third-order valence-corrected chi connectivity index (χ3v) is 6.61. The first-order chi connectivity index (χ1) is 16.2. The van der Waals surface area contributed by atoms with E-state index in [1.807, 2.05) is 0 Å². The van der Waals surface area contributed by atoms with Crippen molar-refractivity contribution in [2.45, 2.75) is 31.2 Å². The topological polar surface area (TPSA) is 82.9 Å². The zero-order chi connectivity index (χ0) is 24.3. The molecule has 3 aliphatic rings. The average Bonchev–Trinajstić information content (AvgIpc) is 3.28. The van der Waals surface area contributed by atoms with Gasteiger partial charge < -0.3 is 14.4 Å². The molecule has 2 fully saturated rings. The van der Waals surface area contributed by atoms with E-state index in [2.05, 4.69) is 0 Å². The Hall–Kier alpha value is -3.49. The molecule has 0 aromatic heterocycles. The molecule has 1 atom stereocenters. The van der Waals surface area contributed by atoms with Crippen molar-refractivity contribution >= 4 is 40.6 Å². The molecule has 2 saturated heterocycles. The van der Waals surface area contributed by atoms with Crippen LogP contribution in [0.2, 0.25) is 0 Å². The molecular formula is C23H16F3N3O4S. The van der Waals surface area contributed by atoms with Crippen molar-refractivity contribution in [3.63, 3.8) is 0 Å². The lowest BCUT2D eigenvalue weighted by Gasteiger charge is -2.38. The van der Waals surface area contributed by atoms with E-state index in [1.54, 1.807) is 23.1 Å². The van der Waals surface area contributed by atoms with Gasteiger partial charge in [0.05, 0.1) is 35.1 Å². The third-order valence-electron chi connectivity index (χ3n) is 6.24. The number of nitriles is 1. The lowest BCUT2D eigenvalue weighted by Crippen LogP contribution is -2.55. The number of ether oxygens (including phenoxy) is 2. The van der Waals surface area contributed by atoms with Crippen molar-refractivity contribution in [1.82, 2.24) is 0 Å². The molecule has 3 aliphatic heterocycles. The lowest BCUT2D eigenvalue weighted by atomic mass is 9.90. The van der Waals surface area contributed by atoms with Gasteiger partial charge in [0.25, 0.3) is 5.91 Å². The summed E-state index contributed by atoms with van der Waals surface area (Å²) in [7, 11) is 0. The summed E-state index contributed by atoms with van der Waals surface area (Å²) in [5.74, 6) is -0.959. The normalized spacial score (nSPS) is 22.2. The molecule has 11 heteroatoms. The van der Waals surface area contributed by atoms with E-state index in [0.717, 1.165) is 17.0 Å². The van der Waals surface area contributed by atoms with E-state index in [0.29, 0.717) is 36.3 Å². The number of hydrogen-bond acceptors (Lipinski definition) is 6. The minimum atomic E-state index is -4.79. The Labute approximate surface area is 197 Å². The molecule has 3 heterocycles. The van der Waals surface area contributed by atoms with Crippen molar-refractivity contribution in [3.05, 3.63) is 58.7 Å². The molecule has 34 heavy (non-hydrogen) atoms. The van der Waals surface area contributed by atoms with E-state index >= 15 is 0 Å². The molecule has 1 unspecified atom stereocenters.